The van der Waals surface area contributed by atoms with Crippen LogP contribution in [0.5, 0.6) is 0 Å². The Morgan fingerprint density at radius 2 is 2.07 bits per heavy atom. The van der Waals surface area contributed by atoms with Crippen LogP contribution in [0.25, 0.3) is 0 Å². The van der Waals surface area contributed by atoms with E-state index in [1.165, 1.54) is 0 Å². The van der Waals surface area contributed by atoms with Crippen LogP contribution >= 0.6 is 23.2 Å². The number of urea groups is 1. The molecule has 0 aromatic heterocycles. The molecular weight excluding hydrogens is 235 g/mol. The van der Waals surface area contributed by atoms with Crippen molar-refractivity contribution in [2.75, 3.05) is 12.4 Å². The summed E-state index contributed by atoms with van der Waals surface area (Å²) in [5.41, 5.74) is 1.53. The van der Waals surface area contributed by atoms with Gasteiger partial charge in [0.2, 0.25) is 0 Å². The topological polar surface area (TPSA) is 41.1 Å². The molecule has 0 aliphatic carbocycles. The van der Waals surface area contributed by atoms with Gasteiger partial charge in [0.05, 0.1) is 10.7 Å². The summed E-state index contributed by atoms with van der Waals surface area (Å²) in [5, 5.41) is 6.15. The number of carbonyl (C=O) groups excluding carboxylic acids is 1. The van der Waals surface area contributed by atoms with Gasteiger partial charge in [0.1, 0.15) is 0 Å². The summed E-state index contributed by atoms with van der Waals surface area (Å²) >= 11 is 11.8. The van der Waals surface area contributed by atoms with Crippen molar-refractivity contribution < 1.29 is 4.79 Å². The Morgan fingerprint density at radius 1 is 1.40 bits per heavy atom. The lowest BCUT2D eigenvalue weighted by molar-refractivity contribution is 0.254. The molecule has 0 heterocycles. The van der Waals surface area contributed by atoms with Gasteiger partial charge in [-0.3, -0.25) is 0 Å². The zero-order valence-corrected chi connectivity index (χ0v) is 10.0. The highest BCUT2D eigenvalue weighted by atomic mass is 35.5. The van der Waals surface area contributed by atoms with Gasteiger partial charge in [-0.2, -0.15) is 0 Å². The van der Waals surface area contributed by atoms with Crippen molar-refractivity contribution in [3.63, 3.8) is 0 Å². The summed E-state index contributed by atoms with van der Waals surface area (Å²) in [5.74, 6) is 0. The molecule has 1 rings (SSSR count). The number of amides is 2. The number of halogens is 2. The first kappa shape index (κ1) is 12.1. The third-order valence-corrected chi connectivity index (χ3v) is 2.50. The first-order valence-corrected chi connectivity index (χ1v) is 5.30. The quantitative estimate of drug-likeness (QED) is 0.827. The summed E-state index contributed by atoms with van der Waals surface area (Å²) < 4.78 is 0. The van der Waals surface area contributed by atoms with E-state index in [1.807, 2.05) is 6.92 Å². The third kappa shape index (κ3) is 3.01. The molecule has 82 valence electrons. The normalized spacial score (nSPS) is 9.87. The van der Waals surface area contributed by atoms with E-state index in [-0.39, 0.29) is 6.03 Å². The molecule has 0 saturated carbocycles. The highest BCUT2D eigenvalue weighted by Crippen LogP contribution is 2.30. The van der Waals surface area contributed by atoms with E-state index in [0.29, 0.717) is 15.7 Å². The fourth-order valence-corrected chi connectivity index (χ4v) is 1.80. The second kappa shape index (κ2) is 5.24. The van der Waals surface area contributed by atoms with Gasteiger partial charge in [0, 0.05) is 12.1 Å². The Bertz CT molecular complexity index is 380. The van der Waals surface area contributed by atoms with Gasteiger partial charge in [-0.1, -0.05) is 30.1 Å². The molecule has 0 unspecified atom stereocenters. The molecule has 0 radical (unpaired) electrons. The van der Waals surface area contributed by atoms with Crippen molar-refractivity contribution in [3.05, 3.63) is 27.7 Å². The first-order chi connectivity index (χ1) is 7.08. The monoisotopic (exact) mass is 246 g/mol. The smallest absolute Gasteiger partial charge is 0.319 e. The van der Waals surface area contributed by atoms with Gasteiger partial charge in [0.25, 0.3) is 0 Å². The van der Waals surface area contributed by atoms with Crippen LogP contribution in [-0.2, 0) is 6.42 Å². The second-order valence-corrected chi connectivity index (χ2v) is 3.82. The summed E-state index contributed by atoms with van der Waals surface area (Å²) in [6.07, 6.45) is 0.750. The Labute approximate surface area is 98.8 Å². The maximum Gasteiger partial charge on any atom is 0.319 e. The molecule has 0 aliphatic rings. The van der Waals surface area contributed by atoms with Crippen LogP contribution < -0.4 is 10.6 Å². The van der Waals surface area contributed by atoms with Gasteiger partial charge in [-0.25, -0.2) is 4.79 Å². The maximum absolute atomic E-state index is 11.2. The molecule has 1 aromatic rings. The van der Waals surface area contributed by atoms with Crippen molar-refractivity contribution in [2.24, 2.45) is 0 Å². The zero-order valence-electron chi connectivity index (χ0n) is 8.53. The lowest BCUT2D eigenvalue weighted by atomic mass is 10.1. The number of anilines is 1. The number of hydrogen-bond acceptors (Lipinski definition) is 1. The second-order valence-electron chi connectivity index (χ2n) is 2.98. The molecule has 0 bridgehead atoms. The van der Waals surface area contributed by atoms with Crippen molar-refractivity contribution in [1.82, 2.24) is 5.32 Å². The minimum absolute atomic E-state index is 0.297. The molecule has 0 spiro atoms. The summed E-state index contributed by atoms with van der Waals surface area (Å²) in [4.78, 5) is 11.2. The number of aryl methyl sites for hydroxylation is 1. The van der Waals surface area contributed by atoms with Crippen LogP contribution in [0.1, 0.15) is 12.5 Å². The molecule has 0 atom stereocenters. The number of carbonyl (C=O) groups is 1. The molecule has 5 heteroatoms. The summed E-state index contributed by atoms with van der Waals surface area (Å²) in [6.45, 7) is 1.97. The Balaban J connectivity index is 3.09. The van der Waals surface area contributed by atoms with Gasteiger partial charge in [-0.05, 0) is 24.1 Å². The summed E-state index contributed by atoms with van der Waals surface area (Å²) in [7, 11) is 1.55. The number of hydrogen-bond donors (Lipinski definition) is 2. The third-order valence-electron chi connectivity index (χ3n) is 1.98. The molecule has 2 amide bonds. The maximum atomic E-state index is 11.2. The van der Waals surface area contributed by atoms with E-state index in [4.69, 9.17) is 23.2 Å². The highest BCUT2D eigenvalue weighted by molar-refractivity contribution is 6.37. The highest BCUT2D eigenvalue weighted by Gasteiger charge is 2.10. The zero-order chi connectivity index (χ0) is 11.4. The number of rotatable bonds is 2. The first-order valence-electron chi connectivity index (χ1n) is 4.55. The average molecular weight is 247 g/mol. The Kier molecular flexibility index (Phi) is 4.24. The van der Waals surface area contributed by atoms with E-state index in [9.17, 15) is 4.79 Å². The van der Waals surface area contributed by atoms with Crippen LogP contribution in [0.15, 0.2) is 12.1 Å². The molecular formula is C10H12Cl2N2O. The summed E-state index contributed by atoms with van der Waals surface area (Å²) in [6, 6.07) is 3.10. The minimum Gasteiger partial charge on any atom is -0.341 e. The fraction of sp³-hybridized carbons (Fsp3) is 0.300. The van der Waals surface area contributed by atoms with Gasteiger partial charge in [0.15, 0.2) is 0 Å². The molecule has 0 saturated heterocycles. The van der Waals surface area contributed by atoms with Crippen LogP contribution in [0, 0.1) is 0 Å². The van der Waals surface area contributed by atoms with E-state index in [0.717, 1.165) is 12.0 Å². The van der Waals surface area contributed by atoms with Gasteiger partial charge < -0.3 is 10.6 Å². The van der Waals surface area contributed by atoms with E-state index >= 15 is 0 Å². The fourth-order valence-electron chi connectivity index (χ4n) is 1.22. The van der Waals surface area contributed by atoms with Crippen molar-refractivity contribution in [2.45, 2.75) is 13.3 Å². The largest absolute Gasteiger partial charge is 0.341 e. The van der Waals surface area contributed by atoms with Gasteiger partial charge in [-0.15, -0.1) is 0 Å². The van der Waals surface area contributed by atoms with Crippen LogP contribution in [0.3, 0.4) is 0 Å². The molecule has 2 N–H and O–H groups in total. The standard InChI is InChI=1S/C10H12Cl2N2O/c1-3-6-4-7(11)5-8(12)9(6)14-10(15)13-2/h4-5H,3H2,1-2H3,(H2,13,14,15). The van der Waals surface area contributed by atoms with Crippen molar-refractivity contribution >= 4 is 34.9 Å². The predicted octanol–water partition coefficient (Wildman–Crippen LogP) is 3.31. The van der Waals surface area contributed by atoms with Crippen LogP contribution in [-0.4, -0.2) is 13.1 Å². The number of benzene rings is 1. The Hall–Kier alpha value is -0.930. The van der Waals surface area contributed by atoms with Gasteiger partial charge >= 0.3 is 6.03 Å². The van der Waals surface area contributed by atoms with Crippen LogP contribution in [0.2, 0.25) is 10.0 Å². The van der Waals surface area contributed by atoms with Crippen LogP contribution in [0.4, 0.5) is 10.5 Å². The molecule has 1 aromatic carbocycles. The van der Waals surface area contributed by atoms with Crippen molar-refractivity contribution in [1.29, 1.82) is 0 Å². The SMILES string of the molecule is CCc1cc(Cl)cc(Cl)c1NC(=O)NC. The lowest BCUT2D eigenvalue weighted by Crippen LogP contribution is -2.25. The Morgan fingerprint density at radius 3 is 2.60 bits per heavy atom. The minimum atomic E-state index is -0.297. The predicted molar refractivity (Wildman–Crippen MR) is 63.9 cm³/mol. The molecule has 0 fully saturated rings. The average Bonchev–Trinajstić information content (AvgIpc) is 2.21. The lowest BCUT2D eigenvalue weighted by Gasteiger charge is -2.11. The number of nitrogens with one attached hydrogen (secondary N) is 2. The molecule has 15 heavy (non-hydrogen) atoms. The van der Waals surface area contributed by atoms with E-state index in [1.54, 1.807) is 19.2 Å². The molecule has 0 aliphatic heterocycles. The molecule has 3 nitrogen and oxygen atoms in total. The van der Waals surface area contributed by atoms with Crippen molar-refractivity contribution in [3.8, 4) is 0 Å². The van der Waals surface area contributed by atoms with E-state index in [2.05, 4.69) is 10.6 Å². The van der Waals surface area contributed by atoms with E-state index < -0.39 is 0 Å².